The van der Waals surface area contributed by atoms with Gasteiger partial charge in [0, 0.05) is 24.7 Å². The van der Waals surface area contributed by atoms with Crippen molar-refractivity contribution in [2.45, 2.75) is 45.7 Å². The van der Waals surface area contributed by atoms with E-state index >= 15 is 0 Å². The molecule has 0 bridgehead atoms. The smallest absolute Gasteiger partial charge is 0.273 e. The maximum absolute atomic E-state index is 13.3. The number of nitrogens with zero attached hydrogens (tertiary/aromatic N) is 2. The number of hydrogen-bond donors (Lipinski definition) is 1. The van der Waals surface area contributed by atoms with Gasteiger partial charge >= 0.3 is 0 Å². The summed E-state index contributed by atoms with van der Waals surface area (Å²) in [4.78, 5) is 38.4. The van der Waals surface area contributed by atoms with Gasteiger partial charge in [-0.3, -0.25) is 19.7 Å². The lowest BCUT2D eigenvalue weighted by molar-refractivity contribution is -0.385. The predicted molar refractivity (Wildman–Crippen MR) is 118 cm³/mol. The van der Waals surface area contributed by atoms with Gasteiger partial charge in [-0.2, -0.15) is 0 Å². The zero-order chi connectivity index (χ0) is 22.8. The van der Waals surface area contributed by atoms with Crippen molar-refractivity contribution >= 4 is 17.5 Å². The number of carbonyl (C=O) groups is 2. The molecule has 0 spiro atoms. The van der Waals surface area contributed by atoms with Crippen molar-refractivity contribution < 1.29 is 19.2 Å². The van der Waals surface area contributed by atoms with Crippen LogP contribution in [0, 0.1) is 10.1 Å². The second kappa shape index (κ2) is 11.7. The van der Waals surface area contributed by atoms with E-state index in [4.69, 9.17) is 4.74 Å². The minimum atomic E-state index is -0.687. The van der Waals surface area contributed by atoms with Gasteiger partial charge in [-0.05, 0) is 30.5 Å². The third-order valence-corrected chi connectivity index (χ3v) is 4.95. The molecule has 0 aromatic heterocycles. The van der Waals surface area contributed by atoms with E-state index in [-0.39, 0.29) is 30.5 Å². The summed E-state index contributed by atoms with van der Waals surface area (Å²) in [5.74, 6) is 0.0610. The number of nitrogens with one attached hydrogen (secondary N) is 1. The Bertz CT molecular complexity index is 916. The highest BCUT2D eigenvalue weighted by Gasteiger charge is 2.29. The number of hydrogen-bond acceptors (Lipinski definition) is 5. The summed E-state index contributed by atoms with van der Waals surface area (Å²) >= 11 is 0. The van der Waals surface area contributed by atoms with Gasteiger partial charge in [0.1, 0.15) is 11.8 Å². The Hall–Kier alpha value is -3.42. The maximum atomic E-state index is 13.3. The molecule has 0 fully saturated rings. The lowest BCUT2D eigenvalue weighted by Gasteiger charge is -2.30. The highest BCUT2D eigenvalue weighted by Crippen LogP contribution is 2.22. The topological polar surface area (TPSA) is 102 Å². The van der Waals surface area contributed by atoms with E-state index in [0.717, 1.165) is 12.0 Å². The molecule has 2 aromatic rings. The molecule has 8 nitrogen and oxygen atoms in total. The van der Waals surface area contributed by atoms with E-state index in [2.05, 4.69) is 5.32 Å². The predicted octanol–water partition coefficient (Wildman–Crippen LogP) is 3.48. The first-order valence-electron chi connectivity index (χ1n) is 10.3. The highest BCUT2D eigenvalue weighted by atomic mass is 16.6. The average molecular weight is 428 g/mol. The Morgan fingerprint density at radius 2 is 1.90 bits per heavy atom. The lowest BCUT2D eigenvalue weighted by Crippen LogP contribution is -2.49. The Morgan fingerprint density at radius 3 is 2.55 bits per heavy atom. The normalized spacial score (nSPS) is 11.5. The molecule has 0 saturated carbocycles. The van der Waals surface area contributed by atoms with Crippen LogP contribution in [-0.2, 0) is 22.6 Å². The van der Waals surface area contributed by atoms with Crippen LogP contribution >= 0.6 is 0 Å². The molecule has 0 aliphatic heterocycles. The summed E-state index contributed by atoms with van der Waals surface area (Å²) in [6.45, 7) is 4.50. The van der Waals surface area contributed by atoms with E-state index in [1.54, 1.807) is 31.4 Å². The van der Waals surface area contributed by atoms with Crippen LogP contribution in [0.2, 0.25) is 0 Å². The molecule has 0 aliphatic carbocycles. The SMILES string of the molecule is CCCNC(=O)[C@@H](CC)N(Cc1cccc(OC)c1)C(=O)Cc1ccccc1[N+](=O)[O-]. The molecule has 0 unspecified atom stereocenters. The standard InChI is InChI=1S/C23H29N3O5/c1-4-13-24-23(28)20(5-2)25(16-17-9-8-11-19(14-17)31-3)22(27)15-18-10-6-7-12-21(18)26(29)30/h6-12,14,20H,4-5,13,15-16H2,1-3H3,(H,24,28)/t20-/m1/s1. The summed E-state index contributed by atoms with van der Waals surface area (Å²) in [5.41, 5.74) is 1.01. The highest BCUT2D eigenvalue weighted by molar-refractivity contribution is 5.88. The fourth-order valence-corrected chi connectivity index (χ4v) is 3.36. The Morgan fingerprint density at radius 1 is 1.16 bits per heavy atom. The monoisotopic (exact) mass is 427 g/mol. The van der Waals surface area contributed by atoms with Gasteiger partial charge in [0.25, 0.3) is 5.69 Å². The number of amides is 2. The van der Waals surface area contributed by atoms with Gasteiger partial charge in [-0.1, -0.05) is 44.2 Å². The summed E-state index contributed by atoms with van der Waals surface area (Å²) < 4.78 is 5.26. The molecule has 0 aliphatic rings. The number of nitro groups is 1. The fourth-order valence-electron chi connectivity index (χ4n) is 3.36. The molecule has 2 aromatic carbocycles. The van der Waals surface area contributed by atoms with Crippen LogP contribution in [0.4, 0.5) is 5.69 Å². The molecular weight excluding hydrogens is 398 g/mol. The molecule has 166 valence electrons. The first kappa shape index (κ1) is 23.9. The first-order chi connectivity index (χ1) is 14.9. The van der Waals surface area contributed by atoms with Crippen molar-refractivity contribution in [3.05, 3.63) is 69.8 Å². The molecule has 0 heterocycles. The largest absolute Gasteiger partial charge is 0.497 e. The molecular formula is C23H29N3O5. The van der Waals surface area contributed by atoms with Crippen molar-refractivity contribution in [2.75, 3.05) is 13.7 Å². The third-order valence-electron chi connectivity index (χ3n) is 4.95. The molecule has 2 rings (SSSR count). The molecule has 1 atom stereocenters. The van der Waals surface area contributed by atoms with Crippen LogP contribution < -0.4 is 10.1 Å². The van der Waals surface area contributed by atoms with Crippen molar-refractivity contribution in [1.82, 2.24) is 10.2 Å². The van der Waals surface area contributed by atoms with Crippen molar-refractivity contribution in [3.8, 4) is 5.75 Å². The number of rotatable bonds is 11. The van der Waals surface area contributed by atoms with E-state index < -0.39 is 11.0 Å². The van der Waals surface area contributed by atoms with Crippen LogP contribution in [0.3, 0.4) is 0 Å². The quantitative estimate of drug-likeness (QED) is 0.437. The summed E-state index contributed by atoms with van der Waals surface area (Å²) in [5, 5.41) is 14.2. The van der Waals surface area contributed by atoms with Gasteiger partial charge in [0.2, 0.25) is 11.8 Å². The minimum absolute atomic E-state index is 0.110. The van der Waals surface area contributed by atoms with Gasteiger partial charge in [0.15, 0.2) is 0 Å². The number of ether oxygens (including phenoxy) is 1. The second-order valence-corrected chi connectivity index (χ2v) is 7.15. The Labute approximate surface area is 182 Å². The van der Waals surface area contributed by atoms with Crippen LogP contribution in [-0.4, -0.2) is 41.3 Å². The summed E-state index contributed by atoms with van der Waals surface area (Å²) in [6, 6.07) is 12.8. The fraction of sp³-hybridized carbons (Fsp3) is 0.391. The van der Waals surface area contributed by atoms with Crippen molar-refractivity contribution in [2.24, 2.45) is 0 Å². The zero-order valence-corrected chi connectivity index (χ0v) is 18.2. The summed E-state index contributed by atoms with van der Waals surface area (Å²) in [7, 11) is 1.56. The Kier molecular flexibility index (Phi) is 8.99. The van der Waals surface area contributed by atoms with E-state index in [0.29, 0.717) is 24.3 Å². The first-order valence-corrected chi connectivity index (χ1v) is 10.3. The zero-order valence-electron chi connectivity index (χ0n) is 18.2. The number of benzene rings is 2. The van der Waals surface area contributed by atoms with Crippen molar-refractivity contribution in [3.63, 3.8) is 0 Å². The average Bonchev–Trinajstić information content (AvgIpc) is 2.77. The van der Waals surface area contributed by atoms with Crippen molar-refractivity contribution in [1.29, 1.82) is 0 Å². The molecule has 1 N–H and O–H groups in total. The van der Waals surface area contributed by atoms with Gasteiger partial charge in [0.05, 0.1) is 18.5 Å². The van der Waals surface area contributed by atoms with E-state index in [1.165, 1.54) is 11.0 Å². The third kappa shape index (κ3) is 6.53. The number of nitro benzene ring substituents is 1. The van der Waals surface area contributed by atoms with E-state index in [1.807, 2.05) is 32.0 Å². The van der Waals surface area contributed by atoms with Crippen LogP contribution in [0.5, 0.6) is 5.75 Å². The Balaban J connectivity index is 2.36. The summed E-state index contributed by atoms with van der Waals surface area (Å²) in [6.07, 6.45) is 1.03. The molecule has 31 heavy (non-hydrogen) atoms. The number of para-hydroxylation sites is 1. The molecule has 0 saturated heterocycles. The second-order valence-electron chi connectivity index (χ2n) is 7.15. The van der Waals surface area contributed by atoms with Gasteiger partial charge in [-0.15, -0.1) is 0 Å². The molecule has 2 amide bonds. The van der Waals surface area contributed by atoms with Gasteiger partial charge in [-0.25, -0.2) is 0 Å². The van der Waals surface area contributed by atoms with Gasteiger partial charge < -0.3 is 15.0 Å². The number of carbonyl (C=O) groups excluding carboxylic acids is 2. The van der Waals surface area contributed by atoms with Crippen LogP contribution in [0.25, 0.3) is 0 Å². The minimum Gasteiger partial charge on any atom is -0.497 e. The lowest BCUT2D eigenvalue weighted by atomic mass is 10.1. The van der Waals surface area contributed by atoms with Crippen LogP contribution in [0.15, 0.2) is 48.5 Å². The molecule has 0 radical (unpaired) electrons. The van der Waals surface area contributed by atoms with Crippen LogP contribution in [0.1, 0.15) is 37.8 Å². The molecule has 8 heteroatoms. The number of methoxy groups -OCH3 is 1. The van der Waals surface area contributed by atoms with E-state index in [9.17, 15) is 19.7 Å². The maximum Gasteiger partial charge on any atom is 0.273 e.